The van der Waals surface area contributed by atoms with Gasteiger partial charge >= 0.3 is 0 Å². The van der Waals surface area contributed by atoms with Crippen molar-refractivity contribution >= 4 is 23.1 Å². The first-order chi connectivity index (χ1) is 18.7. The summed E-state index contributed by atoms with van der Waals surface area (Å²) in [4.78, 5) is 28.7. The van der Waals surface area contributed by atoms with Crippen molar-refractivity contribution in [2.24, 2.45) is 0 Å². The summed E-state index contributed by atoms with van der Waals surface area (Å²) in [6.07, 6.45) is -0.0658. The van der Waals surface area contributed by atoms with Crippen molar-refractivity contribution in [2.75, 3.05) is 18.1 Å². The molecule has 0 radical (unpaired) electrons. The molecule has 0 saturated carbocycles. The van der Waals surface area contributed by atoms with E-state index >= 15 is 0 Å². The van der Waals surface area contributed by atoms with Gasteiger partial charge in [-0.25, -0.2) is 0 Å². The topological polar surface area (TPSA) is 85.3 Å². The molecule has 1 unspecified atom stereocenters. The van der Waals surface area contributed by atoms with E-state index in [1.165, 1.54) is 4.90 Å². The van der Waals surface area contributed by atoms with E-state index in [1.54, 1.807) is 24.3 Å². The van der Waals surface area contributed by atoms with Gasteiger partial charge in [0.25, 0.3) is 11.7 Å². The number of Topliss-reactive ketones (excluding diaryl/α,β-unsaturated/α-hetero) is 1. The van der Waals surface area contributed by atoms with Crippen molar-refractivity contribution in [3.8, 4) is 17.2 Å². The van der Waals surface area contributed by atoms with Gasteiger partial charge in [-0.3, -0.25) is 14.5 Å². The minimum Gasteiger partial charge on any atom is -0.507 e. The van der Waals surface area contributed by atoms with E-state index in [0.29, 0.717) is 47.3 Å². The highest BCUT2D eigenvalue weighted by molar-refractivity contribution is 6.51. The molecule has 7 nitrogen and oxygen atoms in total. The van der Waals surface area contributed by atoms with Crippen LogP contribution in [0.4, 0.5) is 5.69 Å². The van der Waals surface area contributed by atoms with E-state index in [1.807, 2.05) is 77.9 Å². The van der Waals surface area contributed by atoms with Gasteiger partial charge in [-0.15, -0.1) is 0 Å². The molecule has 7 heteroatoms. The molecule has 204 valence electrons. The highest BCUT2D eigenvalue weighted by Crippen LogP contribution is 2.44. The van der Waals surface area contributed by atoms with Gasteiger partial charge in [-0.2, -0.15) is 0 Å². The number of ether oxygens (including phenoxy) is 3. The fourth-order valence-corrected chi connectivity index (χ4v) is 4.69. The molecule has 39 heavy (non-hydrogen) atoms. The Morgan fingerprint density at radius 2 is 1.64 bits per heavy atom. The zero-order valence-electron chi connectivity index (χ0n) is 23.3. The van der Waals surface area contributed by atoms with Crippen LogP contribution in [-0.4, -0.2) is 36.1 Å². The first-order valence-electron chi connectivity index (χ1n) is 13.2. The molecular formula is C32H35NO6. The number of aryl methyl sites for hydroxylation is 2. The number of amides is 1. The molecule has 3 aromatic rings. The van der Waals surface area contributed by atoms with Crippen LogP contribution >= 0.6 is 0 Å². The SMILES string of the molecule is CCOc1ccc(/C(O)=C2\C(=O)C(=O)N(c3ccc(C)c(C)c3)C2c2cccc(OC(C)C)c2)c(OCC)c1. The Bertz CT molecular complexity index is 1420. The smallest absolute Gasteiger partial charge is 0.300 e. The van der Waals surface area contributed by atoms with Crippen molar-refractivity contribution in [2.45, 2.75) is 53.7 Å². The number of aliphatic hydroxyl groups excluding tert-OH is 1. The zero-order valence-corrected chi connectivity index (χ0v) is 23.3. The second kappa shape index (κ2) is 11.6. The maximum absolute atomic E-state index is 13.6. The number of ketones is 1. The zero-order chi connectivity index (χ0) is 28.3. The van der Waals surface area contributed by atoms with E-state index in [-0.39, 0.29) is 17.4 Å². The van der Waals surface area contributed by atoms with Crippen molar-refractivity contribution in [1.82, 2.24) is 0 Å². The summed E-state index contributed by atoms with van der Waals surface area (Å²) in [5.41, 5.74) is 3.53. The Morgan fingerprint density at radius 3 is 2.31 bits per heavy atom. The molecule has 3 aromatic carbocycles. The van der Waals surface area contributed by atoms with Gasteiger partial charge in [0.05, 0.1) is 36.5 Å². The molecule has 0 spiro atoms. The van der Waals surface area contributed by atoms with Gasteiger partial charge in [0.15, 0.2) is 0 Å². The first-order valence-corrected chi connectivity index (χ1v) is 13.2. The number of anilines is 1. The Balaban J connectivity index is 1.96. The Hall–Kier alpha value is -4.26. The van der Waals surface area contributed by atoms with Crippen molar-refractivity contribution in [1.29, 1.82) is 0 Å². The van der Waals surface area contributed by atoms with E-state index in [2.05, 4.69) is 0 Å². The molecule has 1 atom stereocenters. The van der Waals surface area contributed by atoms with Gasteiger partial charge in [0.1, 0.15) is 23.0 Å². The second-order valence-corrected chi connectivity index (χ2v) is 9.70. The van der Waals surface area contributed by atoms with Crippen LogP contribution < -0.4 is 19.1 Å². The molecule has 1 aliphatic heterocycles. The van der Waals surface area contributed by atoms with Crippen LogP contribution in [0.3, 0.4) is 0 Å². The van der Waals surface area contributed by atoms with Crippen LogP contribution in [0.5, 0.6) is 17.2 Å². The van der Waals surface area contributed by atoms with Gasteiger partial charge in [-0.1, -0.05) is 18.2 Å². The fourth-order valence-electron chi connectivity index (χ4n) is 4.69. The summed E-state index contributed by atoms with van der Waals surface area (Å²) in [6.45, 7) is 12.3. The maximum Gasteiger partial charge on any atom is 0.300 e. The Morgan fingerprint density at radius 1 is 0.897 bits per heavy atom. The largest absolute Gasteiger partial charge is 0.507 e. The first kappa shape index (κ1) is 27.8. The van der Waals surface area contributed by atoms with Crippen molar-refractivity contribution < 1.29 is 28.9 Å². The number of hydrogen-bond acceptors (Lipinski definition) is 6. The minimum atomic E-state index is -0.885. The predicted molar refractivity (Wildman–Crippen MR) is 152 cm³/mol. The molecule has 0 aliphatic carbocycles. The van der Waals surface area contributed by atoms with Crippen LogP contribution in [0.2, 0.25) is 0 Å². The monoisotopic (exact) mass is 529 g/mol. The van der Waals surface area contributed by atoms with Crippen LogP contribution in [0, 0.1) is 13.8 Å². The quantitative estimate of drug-likeness (QED) is 0.193. The highest BCUT2D eigenvalue weighted by Gasteiger charge is 2.47. The van der Waals surface area contributed by atoms with Crippen molar-refractivity contribution in [3.63, 3.8) is 0 Å². The Labute approximate surface area is 229 Å². The molecule has 1 fully saturated rings. The number of rotatable bonds is 9. The van der Waals surface area contributed by atoms with Gasteiger partial charge in [-0.05, 0) is 94.6 Å². The van der Waals surface area contributed by atoms with Crippen LogP contribution in [0.1, 0.15) is 56.0 Å². The lowest BCUT2D eigenvalue weighted by Crippen LogP contribution is -2.29. The third-order valence-electron chi connectivity index (χ3n) is 6.58. The third-order valence-corrected chi connectivity index (χ3v) is 6.58. The molecule has 4 rings (SSSR count). The number of carbonyl (C=O) groups excluding carboxylic acids is 2. The summed E-state index contributed by atoms with van der Waals surface area (Å²) in [5, 5.41) is 11.7. The predicted octanol–water partition coefficient (Wildman–Crippen LogP) is 6.51. The van der Waals surface area contributed by atoms with Crippen molar-refractivity contribution in [3.05, 3.63) is 88.5 Å². The molecule has 1 amide bonds. The van der Waals surface area contributed by atoms with E-state index in [9.17, 15) is 14.7 Å². The molecule has 1 saturated heterocycles. The summed E-state index contributed by atoms with van der Waals surface area (Å²) < 4.78 is 17.3. The summed E-state index contributed by atoms with van der Waals surface area (Å²) in [7, 11) is 0. The van der Waals surface area contributed by atoms with E-state index in [0.717, 1.165) is 11.1 Å². The van der Waals surface area contributed by atoms with Crippen LogP contribution in [0.25, 0.3) is 5.76 Å². The average molecular weight is 530 g/mol. The summed E-state index contributed by atoms with van der Waals surface area (Å²) in [6, 6.07) is 17.0. The van der Waals surface area contributed by atoms with E-state index in [4.69, 9.17) is 14.2 Å². The summed E-state index contributed by atoms with van der Waals surface area (Å²) in [5.74, 6) is -0.279. The third kappa shape index (κ3) is 5.62. The highest BCUT2D eigenvalue weighted by atomic mass is 16.5. The number of benzene rings is 3. The lowest BCUT2D eigenvalue weighted by atomic mass is 9.94. The van der Waals surface area contributed by atoms with Gasteiger partial charge in [0.2, 0.25) is 0 Å². The molecule has 0 bridgehead atoms. The minimum absolute atomic E-state index is 0.0231. The molecule has 1 heterocycles. The normalized spacial score (nSPS) is 16.6. The molecule has 1 aliphatic rings. The lowest BCUT2D eigenvalue weighted by Gasteiger charge is -2.26. The van der Waals surface area contributed by atoms with Crippen LogP contribution in [0.15, 0.2) is 66.2 Å². The molecule has 0 aromatic heterocycles. The van der Waals surface area contributed by atoms with Crippen LogP contribution in [-0.2, 0) is 9.59 Å². The number of carbonyl (C=O) groups is 2. The van der Waals surface area contributed by atoms with Gasteiger partial charge in [0, 0.05) is 11.8 Å². The molecular weight excluding hydrogens is 494 g/mol. The fraction of sp³-hybridized carbons (Fsp3) is 0.312. The maximum atomic E-state index is 13.6. The average Bonchev–Trinajstić information content (AvgIpc) is 3.16. The Kier molecular flexibility index (Phi) is 8.29. The number of aliphatic hydroxyl groups is 1. The van der Waals surface area contributed by atoms with E-state index < -0.39 is 17.7 Å². The standard InChI is InChI=1S/C32H35NO6/c1-7-37-24-14-15-26(27(18-24)38-8-2)30(34)28-29(22-10-9-11-25(17-22)39-19(3)4)33(32(36)31(28)35)23-13-12-20(5)21(6)16-23/h9-19,29,34H,7-8H2,1-6H3/b30-28+. The number of nitrogens with zero attached hydrogens (tertiary/aromatic N) is 1. The number of hydrogen-bond donors (Lipinski definition) is 1. The van der Waals surface area contributed by atoms with Gasteiger partial charge < -0.3 is 19.3 Å². The second-order valence-electron chi connectivity index (χ2n) is 9.70. The summed E-state index contributed by atoms with van der Waals surface area (Å²) >= 11 is 0. The molecule has 1 N–H and O–H groups in total. The lowest BCUT2D eigenvalue weighted by molar-refractivity contribution is -0.132.